The standard InChI is InChI=1S/C26H24N4O4/c1-26(21-12-4-8-17-7-2-3-11-20(17)21)24(33)30(25(34)28-26)16-22(31)27-18-9-5-10-19(15-18)29-14-6-13-23(29)32/h2-5,7-12,15H,6,13-14,16H2,1H3,(H,27,31)(H,28,34). The molecule has 0 aliphatic carbocycles. The zero-order valence-electron chi connectivity index (χ0n) is 18.7. The molecule has 0 bridgehead atoms. The Bertz CT molecular complexity index is 1330. The average Bonchev–Trinajstić information content (AvgIpc) is 3.35. The Morgan fingerprint density at radius 2 is 1.79 bits per heavy atom. The third-order valence-electron chi connectivity index (χ3n) is 6.42. The summed E-state index contributed by atoms with van der Waals surface area (Å²) in [7, 11) is 0. The van der Waals surface area contributed by atoms with Gasteiger partial charge in [-0.1, -0.05) is 48.5 Å². The van der Waals surface area contributed by atoms with Crippen LogP contribution in [0, 0.1) is 0 Å². The van der Waals surface area contributed by atoms with Gasteiger partial charge in [-0.2, -0.15) is 0 Å². The number of nitrogens with zero attached hydrogens (tertiary/aromatic N) is 2. The van der Waals surface area contributed by atoms with Crippen LogP contribution in [0.4, 0.5) is 16.2 Å². The predicted molar refractivity (Wildman–Crippen MR) is 128 cm³/mol. The highest BCUT2D eigenvalue weighted by Gasteiger charge is 2.50. The zero-order chi connectivity index (χ0) is 23.9. The predicted octanol–water partition coefficient (Wildman–Crippen LogP) is 3.37. The number of nitrogens with one attached hydrogen (secondary N) is 2. The number of fused-ring (bicyclic) bond motifs is 1. The first kappa shape index (κ1) is 21.6. The third kappa shape index (κ3) is 3.67. The van der Waals surface area contributed by atoms with Crippen LogP contribution < -0.4 is 15.5 Å². The summed E-state index contributed by atoms with van der Waals surface area (Å²) < 4.78 is 0. The Labute approximate surface area is 196 Å². The number of hydrogen-bond acceptors (Lipinski definition) is 4. The summed E-state index contributed by atoms with van der Waals surface area (Å²) in [5, 5.41) is 7.32. The van der Waals surface area contributed by atoms with E-state index in [1.807, 2.05) is 48.5 Å². The van der Waals surface area contributed by atoms with Crippen LogP contribution in [0.2, 0.25) is 0 Å². The number of urea groups is 1. The van der Waals surface area contributed by atoms with E-state index in [-0.39, 0.29) is 5.91 Å². The van der Waals surface area contributed by atoms with Gasteiger partial charge in [0.05, 0.1) is 0 Å². The van der Waals surface area contributed by atoms with Crippen LogP contribution >= 0.6 is 0 Å². The molecule has 172 valence electrons. The van der Waals surface area contributed by atoms with Crippen LogP contribution in [0.5, 0.6) is 0 Å². The Morgan fingerprint density at radius 3 is 2.59 bits per heavy atom. The molecule has 2 fully saturated rings. The lowest BCUT2D eigenvalue weighted by Crippen LogP contribution is -2.42. The van der Waals surface area contributed by atoms with E-state index in [1.54, 1.807) is 30.0 Å². The van der Waals surface area contributed by atoms with Gasteiger partial charge in [0, 0.05) is 24.3 Å². The summed E-state index contributed by atoms with van der Waals surface area (Å²) in [6, 6.07) is 19.6. The fraction of sp³-hybridized carbons (Fsp3) is 0.231. The topological polar surface area (TPSA) is 98.8 Å². The van der Waals surface area contributed by atoms with E-state index < -0.39 is 29.9 Å². The number of rotatable bonds is 5. The minimum absolute atomic E-state index is 0.0514. The van der Waals surface area contributed by atoms with Crippen LogP contribution in [-0.4, -0.2) is 41.7 Å². The lowest BCUT2D eigenvalue weighted by Gasteiger charge is -2.24. The molecule has 5 rings (SSSR count). The summed E-state index contributed by atoms with van der Waals surface area (Å²) >= 11 is 0. The molecule has 0 saturated carbocycles. The van der Waals surface area contributed by atoms with Gasteiger partial charge in [0.15, 0.2) is 0 Å². The van der Waals surface area contributed by atoms with Crippen molar-refractivity contribution in [2.24, 2.45) is 0 Å². The Kier molecular flexibility index (Phi) is 5.28. The molecule has 8 heteroatoms. The minimum Gasteiger partial charge on any atom is -0.324 e. The summed E-state index contributed by atoms with van der Waals surface area (Å²) in [4.78, 5) is 53.5. The second-order valence-electron chi connectivity index (χ2n) is 8.72. The van der Waals surface area contributed by atoms with Crippen LogP contribution in [0.15, 0.2) is 66.7 Å². The maximum absolute atomic E-state index is 13.4. The number of amides is 5. The number of carbonyl (C=O) groups excluding carboxylic acids is 4. The van der Waals surface area contributed by atoms with Gasteiger partial charge >= 0.3 is 6.03 Å². The van der Waals surface area contributed by atoms with Crippen molar-refractivity contribution in [3.05, 3.63) is 72.3 Å². The molecule has 34 heavy (non-hydrogen) atoms. The zero-order valence-corrected chi connectivity index (χ0v) is 18.7. The normalized spacial score (nSPS) is 20.2. The van der Waals surface area contributed by atoms with Crippen LogP contribution in [-0.2, 0) is 19.9 Å². The lowest BCUT2D eigenvalue weighted by atomic mass is 9.88. The van der Waals surface area contributed by atoms with E-state index in [1.165, 1.54) is 0 Å². The molecule has 8 nitrogen and oxygen atoms in total. The molecule has 2 aliphatic heterocycles. The van der Waals surface area contributed by atoms with Crippen molar-refractivity contribution in [3.63, 3.8) is 0 Å². The molecule has 3 aromatic carbocycles. The number of hydrogen-bond donors (Lipinski definition) is 2. The number of imide groups is 1. The van der Waals surface area contributed by atoms with Gasteiger partial charge in [-0.05, 0) is 47.9 Å². The summed E-state index contributed by atoms with van der Waals surface area (Å²) in [5.41, 5.74) is 0.591. The van der Waals surface area contributed by atoms with Crippen molar-refractivity contribution in [3.8, 4) is 0 Å². The Hall–Kier alpha value is -4.20. The molecular formula is C26H24N4O4. The maximum Gasteiger partial charge on any atom is 0.325 e. The maximum atomic E-state index is 13.4. The first-order valence-corrected chi connectivity index (χ1v) is 11.2. The molecule has 0 radical (unpaired) electrons. The van der Waals surface area contributed by atoms with E-state index >= 15 is 0 Å². The van der Waals surface area contributed by atoms with Crippen molar-refractivity contribution < 1.29 is 19.2 Å². The second-order valence-corrected chi connectivity index (χ2v) is 8.72. The van der Waals surface area contributed by atoms with Gasteiger partial charge in [0.25, 0.3) is 5.91 Å². The molecular weight excluding hydrogens is 432 g/mol. The van der Waals surface area contributed by atoms with Gasteiger partial charge in [-0.25, -0.2) is 4.79 Å². The molecule has 0 spiro atoms. The van der Waals surface area contributed by atoms with E-state index in [0.29, 0.717) is 29.9 Å². The third-order valence-corrected chi connectivity index (χ3v) is 6.42. The van der Waals surface area contributed by atoms with Crippen molar-refractivity contribution in [1.82, 2.24) is 10.2 Å². The Morgan fingerprint density at radius 1 is 1.03 bits per heavy atom. The smallest absolute Gasteiger partial charge is 0.324 e. The van der Waals surface area contributed by atoms with E-state index in [9.17, 15) is 19.2 Å². The molecule has 1 atom stereocenters. The van der Waals surface area contributed by atoms with Crippen molar-refractivity contribution in [2.45, 2.75) is 25.3 Å². The van der Waals surface area contributed by atoms with Crippen LogP contribution in [0.1, 0.15) is 25.3 Å². The van der Waals surface area contributed by atoms with Crippen LogP contribution in [0.25, 0.3) is 10.8 Å². The Balaban J connectivity index is 1.33. The summed E-state index contributed by atoms with van der Waals surface area (Å²) in [5.74, 6) is -0.938. The van der Waals surface area contributed by atoms with Crippen molar-refractivity contribution in [2.75, 3.05) is 23.3 Å². The number of carbonyl (C=O) groups is 4. The van der Waals surface area contributed by atoms with Gasteiger partial charge in [-0.15, -0.1) is 0 Å². The quantitative estimate of drug-likeness (QED) is 0.575. The highest BCUT2D eigenvalue weighted by Crippen LogP contribution is 2.34. The SMILES string of the molecule is CC1(c2cccc3ccccc23)NC(=O)N(CC(=O)Nc2cccc(N3CCCC3=O)c2)C1=O. The van der Waals surface area contributed by atoms with E-state index in [0.717, 1.165) is 22.1 Å². The lowest BCUT2D eigenvalue weighted by molar-refractivity contribution is -0.133. The number of benzene rings is 3. The number of anilines is 2. The molecule has 0 aromatic heterocycles. The average molecular weight is 457 g/mol. The monoisotopic (exact) mass is 456 g/mol. The molecule has 2 aliphatic rings. The highest BCUT2D eigenvalue weighted by molar-refractivity contribution is 6.11. The largest absolute Gasteiger partial charge is 0.325 e. The van der Waals surface area contributed by atoms with Gasteiger partial charge in [0.1, 0.15) is 12.1 Å². The van der Waals surface area contributed by atoms with Crippen LogP contribution in [0.3, 0.4) is 0 Å². The van der Waals surface area contributed by atoms with Crippen molar-refractivity contribution >= 4 is 45.9 Å². The van der Waals surface area contributed by atoms with Gasteiger partial charge < -0.3 is 15.5 Å². The molecule has 5 amide bonds. The first-order valence-electron chi connectivity index (χ1n) is 11.2. The molecule has 2 heterocycles. The second kappa shape index (κ2) is 8.30. The fourth-order valence-corrected chi connectivity index (χ4v) is 4.70. The summed E-state index contributed by atoms with van der Waals surface area (Å²) in [6.45, 7) is 1.88. The first-order chi connectivity index (χ1) is 16.4. The van der Waals surface area contributed by atoms with Crippen molar-refractivity contribution in [1.29, 1.82) is 0 Å². The van der Waals surface area contributed by atoms with E-state index in [4.69, 9.17) is 0 Å². The molecule has 3 aromatic rings. The van der Waals surface area contributed by atoms with Gasteiger partial charge in [0.2, 0.25) is 11.8 Å². The summed E-state index contributed by atoms with van der Waals surface area (Å²) in [6.07, 6.45) is 1.31. The minimum atomic E-state index is -1.28. The molecule has 2 N–H and O–H groups in total. The highest BCUT2D eigenvalue weighted by atomic mass is 16.2. The fourth-order valence-electron chi connectivity index (χ4n) is 4.70. The molecule has 2 saturated heterocycles. The molecule has 1 unspecified atom stereocenters. The van der Waals surface area contributed by atoms with E-state index in [2.05, 4.69) is 10.6 Å². The van der Waals surface area contributed by atoms with Gasteiger partial charge in [-0.3, -0.25) is 19.3 Å².